The van der Waals surface area contributed by atoms with Gasteiger partial charge in [0.1, 0.15) is 18.2 Å². The molecule has 1 atom stereocenters. The number of benzene rings is 3. The summed E-state index contributed by atoms with van der Waals surface area (Å²) in [5, 5.41) is 9.89. The summed E-state index contributed by atoms with van der Waals surface area (Å²) in [4.78, 5) is 14.7. The van der Waals surface area contributed by atoms with Gasteiger partial charge in [0.2, 0.25) is 0 Å². The molecule has 0 aliphatic carbocycles. The summed E-state index contributed by atoms with van der Waals surface area (Å²) in [5.41, 5.74) is 0.954. The van der Waals surface area contributed by atoms with E-state index in [2.05, 4.69) is 0 Å². The topological polar surface area (TPSA) is 68.2 Å². The minimum atomic E-state index is -0.980. The SMILES string of the molecule is COc1cc(N2CCC(Oc3ccc(-c4ccccc4F)cc3)C2=O)ccc1OCC(C)(C)O. The fourth-order valence-corrected chi connectivity index (χ4v) is 3.79. The van der Waals surface area contributed by atoms with Gasteiger partial charge in [0, 0.05) is 30.3 Å². The van der Waals surface area contributed by atoms with E-state index in [4.69, 9.17) is 14.2 Å². The number of hydrogen-bond donors (Lipinski definition) is 1. The normalized spacial score (nSPS) is 16.0. The van der Waals surface area contributed by atoms with Gasteiger partial charge in [-0.1, -0.05) is 30.3 Å². The highest BCUT2D eigenvalue weighted by Crippen LogP contribution is 2.34. The second-order valence-electron chi connectivity index (χ2n) is 8.83. The number of carbonyl (C=O) groups excluding carboxylic acids is 1. The summed E-state index contributed by atoms with van der Waals surface area (Å²) in [5.74, 6) is 1.08. The molecule has 1 saturated heterocycles. The van der Waals surface area contributed by atoms with Crippen molar-refractivity contribution >= 4 is 11.6 Å². The molecule has 0 bridgehead atoms. The Bertz CT molecular complexity index is 1160. The van der Waals surface area contributed by atoms with Crippen molar-refractivity contribution in [1.29, 1.82) is 0 Å². The van der Waals surface area contributed by atoms with Crippen molar-refractivity contribution in [2.75, 3.05) is 25.2 Å². The van der Waals surface area contributed by atoms with Gasteiger partial charge in [0.15, 0.2) is 17.6 Å². The molecule has 4 rings (SSSR count). The largest absolute Gasteiger partial charge is 0.493 e. The van der Waals surface area contributed by atoms with Crippen molar-refractivity contribution < 1.29 is 28.5 Å². The van der Waals surface area contributed by atoms with Crippen molar-refractivity contribution in [1.82, 2.24) is 0 Å². The van der Waals surface area contributed by atoms with Crippen LogP contribution in [0.15, 0.2) is 66.7 Å². The minimum absolute atomic E-state index is 0.108. The molecule has 6 nitrogen and oxygen atoms in total. The van der Waals surface area contributed by atoms with Gasteiger partial charge in [-0.2, -0.15) is 0 Å². The van der Waals surface area contributed by atoms with E-state index < -0.39 is 11.7 Å². The summed E-state index contributed by atoms with van der Waals surface area (Å²) in [6.07, 6.45) is -0.0795. The number of carbonyl (C=O) groups is 1. The lowest BCUT2D eigenvalue weighted by atomic mass is 10.1. The highest BCUT2D eigenvalue weighted by Gasteiger charge is 2.34. The number of aliphatic hydroxyl groups is 1. The van der Waals surface area contributed by atoms with Gasteiger partial charge >= 0.3 is 0 Å². The Morgan fingerprint density at radius 3 is 2.47 bits per heavy atom. The van der Waals surface area contributed by atoms with E-state index in [1.807, 2.05) is 0 Å². The van der Waals surface area contributed by atoms with Crippen LogP contribution >= 0.6 is 0 Å². The zero-order valence-corrected chi connectivity index (χ0v) is 19.5. The molecule has 34 heavy (non-hydrogen) atoms. The zero-order chi connectivity index (χ0) is 24.3. The Hall–Kier alpha value is -3.58. The van der Waals surface area contributed by atoms with Crippen LogP contribution in [0.5, 0.6) is 17.2 Å². The van der Waals surface area contributed by atoms with E-state index in [1.54, 1.807) is 79.4 Å². The summed E-state index contributed by atoms with van der Waals surface area (Å²) < 4.78 is 31.1. The van der Waals surface area contributed by atoms with Gasteiger partial charge in [-0.25, -0.2) is 4.39 Å². The number of rotatable bonds is 8. The highest BCUT2D eigenvalue weighted by atomic mass is 19.1. The summed E-state index contributed by atoms with van der Waals surface area (Å²) in [7, 11) is 1.53. The standard InChI is InChI=1S/C27H28FNO5/c1-27(2,31)17-33-23-13-10-19(16-25(23)32-3)29-15-14-24(26(29)30)34-20-11-8-18(9-12-20)21-6-4-5-7-22(21)28/h4-13,16,24,31H,14-15,17H2,1-3H3. The van der Waals surface area contributed by atoms with Crippen molar-refractivity contribution in [3.8, 4) is 28.4 Å². The van der Waals surface area contributed by atoms with Crippen LogP contribution in [0, 0.1) is 5.82 Å². The van der Waals surface area contributed by atoms with Crippen molar-refractivity contribution in [3.05, 3.63) is 72.5 Å². The average Bonchev–Trinajstić information content (AvgIpc) is 3.18. The van der Waals surface area contributed by atoms with E-state index in [1.165, 1.54) is 13.2 Å². The van der Waals surface area contributed by atoms with Gasteiger partial charge in [-0.15, -0.1) is 0 Å². The molecule has 1 fully saturated rings. The fraction of sp³-hybridized carbons (Fsp3) is 0.296. The third kappa shape index (κ3) is 5.31. The molecule has 3 aromatic carbocycles. The molecule has 3 aromatic rings. The minimum Gasteiger partial charge on any atom is -0.493 e. The van der Waals surface area contributed by atoms with Gasteiger partial charge in [0.05, 0.1) is 12.7 Å². The first-order chi connectivity index (χ1) is 16.2. The maximum Gasteiger partial charge on any atom is 0.268 e. The first-order valence-corrected chi connectivity index (χ1v) is 11.1. The van der Waals surface area contributed by atoms with Gasteiger partial charge < -0.3 is 24.2 Å². The molecule has 7 heteroatoms. The van der Waals surface area contributed by atoms with Crippen molar-refractivity contribution in [3.63, 3.8) is 0 Å². The van der Waals surface area contributed by atoms with E-state index in [9.17, 15) is 14.3 Å². The summed E-state index contributed by atoms with van der Waals surface area (Å²) >= 11 is 0. The second-order valence-corrected chi connectivity index (χ2v) is 8.83. The number of anilines is 1. The summed E-state index contributed by atoms with van der Waals surface area (Å²) in [6, 6.07) is 18.9. The molecule has 0 spiro atoms. The quantitative estimate of drug-likeness (QED) is 0.516. The number of amides is 1. The molecular weight excluding hydrogens is 437 g/mol. The van der Waals surface area contributed by atoms with Crippen LogP contribution in [0.3, 0.4) is 0 Å². The lowest BCUT2D eigenvalue weighted by Crippen LogP contribution is -2.32. The van der Waals surface area contributed by atoms with E-state index >= 15 is 0 Å². The maximum atomic E-state index is 14.0. The molecule has 1 unspecified atom stereocenters. The van der Waals surface area contributed by atoms with E-state index in [0.29, 0.717) is 41.5 Å². The number of ether oxygens (including phenoxy) is 3. The maximum absolute atomic E-state index is 14.0. The zero-order valence-electron chi connectivity index (χ0n) is 19.5. The molecular formula is C27H28FNO5. The number of nitrogens with zero attached hydrogens (tertiary/aromatic N) is 1. The molecule has 1 aliphatic rings. The summed E-state index contributed by atoms with van der Waals surface area (Å²) in [6.45, 7) is 3.93. The molecule has 0 saturated carbocycles. The third-order valence-corrected chi connectivity index (χ3v) is 5.51. The van der Waals surface area contributed by atoms with Gasteiger partial charge in [-0.05, 0) is 49.7 Å². The van der Waals surface area contributed by atoms with Crippen LogP contribution in [0.1, 0.15) is 20.3 Å². The van der Waals surface area contributed by atoms with Crippen molar-refractivity contribution in [2.24, 2.45) is 0 Å². The molecule has 0 aromatic heterocycles. The predicted molar refractivity (Wildman–Crippen MR) is 128 cm³/mol. The Morgan fingerprint density at radius 1 is 1.06 bits per heavy atom. The van der Waals surface area contributed by atoms with Crippen LogP contribution in [0.4, 0.5) is 10.1 Å². The van der Waals surface area contributed by atoms with Crippen LogP contribution in [-0.4, -0.2) is 43.0 Å². The molecule has 1 aliphatic heterocycles. The van der Waals surface area contributed by atoms with Crippen LogP contribution in [0.2, 0.25) is 0 Å². The average molecular weight is 466 g/mol. The molecule has 178 valence electrons. The third-order valence-electron chi connectivity index (χ3n) is 5.51. The molecule has 1 N–H and O–H groups in total. The Morgan fingerprint density at radius 2 is 1.79 bits per heavy atom. The fourth-order valence-electron chi connectivity index (χ4n) is 3.79. The lowest BCUT2D eigenvalue weighted by Gasteiger charge is -2.21. The molecule has 1 amide bonds. The van der Waals surface area contributed by atoms with Crippen molar-refractivity contribution in [2.45, 2.75) is 32.0 Å². The smallest absolute Gasteiger partial charge is 0.268 e. The van der Waals surface area contributed by atoms with Crippen LogP contribution in [0.25, 0.3) is 11.1 Å². The Labute approximate surface area is 198 Å². The van der Waals surface area contributed by atoms with Crippen LogP contribution in [-0.2, 0) is 4.79 Å². The van der Waals surface area contributed by atoms with Gasteiger partial charge in [0.25, 0.3) is 5.91 Å². The lowest BCUT2D eigenvalue weighted by molar-refractivity contribution is -0.122. The first kappa shape index (κ1) is 23.6. The second kappa shape index (κ2) is 9.73. The predicted octanol–water partition coefficient (Wildman–Crippen LogP) is 4.84. The van der Waals surface area contributed by atoms with Crippen LogP contribution < -0.4 is 19.1 Å². The molecule has 1 heterocycles. The monoisotopic (exact) mass is 465 g/mol. The number of hydrogen-bond acceptors (Lipinski definition) is 5. The Kier molecular flexibility index (Phi) is 6.75. The number of methoxy groups -OCH3 is 1. The van der Waals surface area contributed by atoms with E-state index in [0.717, 1.165) is 5.56 Å². The number of halogens is 1. The highest BCUT2D eigenvalue weighted by molar-refractivity contribution is 5.99. The van der Waals surface area contributed by atoms with Gasteiger partial charge in [-0.3, -0.25) is 4.79 Å². The first-order valence-electron chi connectivity index (χ1n) is 11.1. The Balaban J connectivity index is 1.43. The molecule has 0 radical (unpaired) electrons. The van der Waals surface area contributed by atoms with E-state index in [-0.39, 0.29) is 18.3 Å².